The number of nitrogens with one attached hydrogen (secondary N) is 2. The Bertz CT molecular complexity index is 837. The topological polar surface area (TPSA) is 57.8 Å². The molecule has 4 rings (SSSR count). The highest BCUT2D eigenvalue weighted by Gasteiger charge is 2.21. The van der Waals surface area contributed by atoms with Crippen LogP contribution in [0.1, 0.15) is 40.4 Å². The fourth-order valence-electron chi connectivity index (χ4n) is 3.23. The Hall–Kier alpha value is -2.62. The van der Waals surface area contributed by atoms with Gasteiger partial charge in [-0.05, 0) is 48.6 Å². The minimum atomic E-state index is -0.0233. The average Bonchev–Trinajstić information content (AvgIpc) is 3.02. The largest absolute Gasteiger partial charge is 0.345 e. The van der Waals surface area contributed by atoms with Gasteiger partial charge < -0.3 is 5.32 Å². The van der Waals surface area contributed by atoms with E-state index in [1.165, 1.54) is 11.1 Å². The number of H-pyrrole nitrogens is 1. The average molecular weight is 291 g/mol. The zero-order chi connectivity index (χ0) is 14.9. The lowest BCUT2D eigenvalue weighted by atomic mass is 9.87. The summed E-state index contributed by atoms with van der Waals surface area (Å²) < 4.78 is 0. The van der Waals surface area contributed by atoms with Crippen LogP contribution in [0, 0.1) is 0 Å². The molecule has 1 amide bonds. The van der Waals surface area contributed by atoms with E-state index in [1.807, 2.05) is 24.3 Å². The maximum absolute atomic E-state index is 12.5. The van der Waals surface area contributed by atoms with Crippen molar-refractivity contribution in [1.29, 1.82) is 0 Å². The summed E-state index contributed by atoms with van der Waals surface area (Å²) in [5.41, 5.74) is 4.23. The number of benzene rings is 2. The molecule has 1 aromatic heterocycles. The minimum absolute atomic E-state index is 0.0233. The maximum atomic E-state index is 12.5. The second-order valence-corrected chi connectivity index (χ2v) is 5.79. The van der Waals surface area contributed by atoms with E-state index in [0.29, 0.717) is 5.56 Å². The van der Waals surface area contributed by atoms with Gasteiger partial charge in [-0.3, -0.25) is 9.89 Å². The SMILES string of the molecule is O=C(N[C@@H]1CCCc2ccccc21)c1ccc2[nH]ncc2c1. The molecule has 1 heterocycles. The van der Waals surface area contributed by atoms with Crippen LogP contribution in [-0.4, -0.2) is 16.1 Å². The Morgan fingerprint density at radius 1 is 1.23 bits per heavy atom. The summed E-state index contributed by atoms with van der Waals surface area (Å²) in [6, 6.07) is 14.1. The quantitative estimate of drug-likeness (QED) is 0.760. The molecule has 0 radical (unpaired) electrons. The number of aromatic nitrogens is 2. The van der Waals surface area contributed by atoms with Crippen LogP contribution in [-0.2, 0) is 6.42 Å². The molecule has 0 fully saturated rings. The molecule has 110 valence electrons. The van der Waals surface area contributed by atoms with E-state index in [9.17, 15) is 4.79 Å². The smallest absolute Gasteiger partial charge is 0.251 e. The van der Waals surface area contributed by atoms with E-state index in [1.54, 1.807) is 6.20 Å². The third kappa shape index (κ3) is 2.26. The number of carbonyl (C=O) groups is 1. The molecule has 0 unspecified atom stereocenters. The van der Waals surface area contributed by atoms with E-state index in [0.717, 1.165) is 30.2 Å². The molecule has 3 aromatic rings. The molecule has 4 heteroatoms. The first-order valence-electron chi connectivity index (χ1n) is 7.63. The number of rotatable bonds is 2. The third-order valence-corrected chi connectivity index (χ3v) is 4.38. The molecule has 4 nitrogen and oxygen atoms in total. The highest BCUT2D eigenvalue weighted by atomic mass is 16.1. The first-order valence-corrected chi connectivity index (χ1v) is 7.63. The van der Waals surface area contributed by atoms with Gasteiger partial charge in [0.05, 0.1) is 17.8 Å². The van der Waals surface area contributed by atoms with Gasteiger partial charge in [0.15, 0.2) is 0 Å². The van der Waals surface area contributed by atoms with Crippen molar-refractivity contribution in [2.75, 3.05) is 0 Å². The van der Waals surface area contributed by atoms with Crippen LogP contribution in [0.3, 0.4) is 0 Å². The fourth-order valence-corrected chi connectivity index (χ4v) is 3.23. The Morgan fingerprint density at radius 2 is 2.14 bits per heavy atom. The maximum Gasteiger partial charge on any atom is 0.251 e. The second-order valence-electron chi connectivity index (χ2n) is 5.79. The van der Waals surface area contributed by atoms with Crippen molar-refractivity contribution in [3.05, 3.63) is 65.4 Å². The Morgan fingerprint density at radius 3 is 3.09 bits per heavy atom. The van der Waals surface area contributed by atoms with Gasteiger partial charge in [-0.2, -0.15) is 5.10 Å². The summed E-state index contributed by atoms with van der Waals surface area (Å²) >= 11 is 0. The molecule has 1 aliphatic rings. The predicted octanol–water partition coefficient (Wildman–Crippen LogP) is 3.37. The van der Waals surface area contributed by atoms with Crippen LogP contribution >= 0.6 is 0 Å². The molecule has 0 saturated heterocycles. The molecule has 22 heavy (non-hydrogen) atoms. The first kappa shape index (κ1) is 13.1. The van der Waals surface area contributed by atoms with Crippen molar-refractivity contribution < 1.29 is 4.79 Å². The summed E-state index contributed by atoms with van der Waals surface area (Å²) in [4.78, 5) is 12.5. The summed E-state index contributed by atoms with van der Waals surface area (Å²) in [5, 5.41) is 11.0. The second kappa shape index (κ2) is 5.30. The number of amides is 1. The van der Waals surface area contributed by atoms with Gasteiger partial charge in [-0.1, -0.05) is 24.3 Å². The Kier molecular flexibility index (Phi) is 3.15. The Balaban J connectivity index is 1.59. The van der Waals surface area contributed by atoms with Gasteiger partial charge in [0.2, 0.25) is 0 Å². The number of carbonyl (C=O) groups excluding carboxylic acids is 1. The molecule has 2 N–H and O–H groups in total. The molecule has 0 saturated carbocycles. The zero-order valence-corrected chi connectivity index (χ0v) is 12.2. The van der Waals surface area contributed by atoms with Gasteiger partial charge in [0, 0.05) is 10.9 Å². The van der Waals surface area contributed by atoms with Crippen molar-refractivity contribution in [2.45, 2.75) is 25.3 Å². The zero-order valence-electron chi connectivity index (χ0n) is 12.2. The van der Waals surface area contributed by atoms with E-state index >= 15 is 0 Å². The van der Waals surface area contributed by atoms with Gasteiger partial charge in [-0.15, -0.1) is 0 Å². The van der Waals surface area contributed by atoms with Crippen molar-refractivity contribution >= 4 is 16.8 Å². The predicted molar refractivity (Wildman–Crippen MR) is 85.7 cm³/mol. The van der Waals surface area contributed by atoms with Crippen LogP contribution in [0.25, 0.3) is 10.9 Å². The number of aryl methyl sites for hydroxylation is 1. The van der Waals surface area contributed by atoms with Crippen LogP contribution in [0.5, 0.6) is 0 Å². The van der Waals surface area contributed by atoms with Crippen LogP contribution < -0.4 is 5.32 Å². The van der Waals surface area contributed by atoms with Gasteiger partial charge in [0.25, 0.3) is 5.91 Å². The van der Waals surface area contributed by atoms with E-state index in [4.69, 9.17) is 0 Å². The van der Waals surface area contributed by atoms with E-state index in [2.05, 4.69) is 33.7 Å². The number of hydrogen-bond donors (Lipinski definition) is 2. The van der Waals surface area contributed by atoms with Gasteiger partial charge in [-0.25, -0.2) is 0 Å². The minimum Gasteiger partial charge on any atom is -0.345 e. The number of nitrogens with zero attached hydrogens (tertiary/aromatic N) is 1. The van der Waals surface area contributed by atoms with Crippen LogP contribution in [0.2, 0.25) is 0 Å². The highest BCUT2D eigenvalue weighted by Crippen LogP contribution is 2.29. The van der Waals surface area contributed by atoms with Crippen LogP contribution in [0.4, 0.5) is 0 Å². The lowest BCUT2D eigenvalue weighted by Gasteiger charge is -2.26. The van der Waals surface area contributed by atoms with E-state index in [-0.39, 0.29) is 11.9 Å². The van der Waals surface area contributed by atoms with Crippen molar-refractivity contribution in [1.82, 2.24) is 15.5 Å². The number of fused-ring (bicyclic) bond motifs is 2. The summed E-state index contributed by atoms with van der Waals surface area (Å²) in [6.45, 7) is 0. The molecule has 2 aromatic carbocycles. The fraction of sp³-hybridized carbons (Fsp3) is 0.222. The summed E-state index contributed by atoms with van der Waals surface area (Å²) in [7, 11) is 0. The Labute approximate surface area is 128 Å². The summed E-state index contributed by atoms with van der Waals surface area (Å²) in [6.07, 6.45) is 4.95. The molecule has 0 bridgehead atoms. The van der Waals surface area contributed by atoms with Crippen molar-refractivity contribution in [3.63, 3.8) is 0 Å². The van der Waals surface area contributed by atoms with E-state index < -0.39 is 0 Å². The number of aromatic amines is 1. The first-order chi connectivity index (χ1) is 10.8. The lowest BCUT2D eigenvalue weighted by molar-refractivity contribution is 0.0933. The highest BCUT2D eigenvalue weighted by molar-refractivity contribution is 5.98. The monoisotopic (exact) mass is 291 g/mol. The third-order valence-electron chi connectivity index (χ3n) is 4.38. The molecule has 0 aliphatic heterocycles. The lowest BCUT2D eigenvalue weighted by Crippen LogP contribution is -2.30. The van der Waals surface area contributed by atoms with Gasteiger partial charge >= 0.3 is 0 Å². The number of hydrogen-bond acceptors (Lipinski definition) is 2. The molecule has 1 atom stereocenters. The standard InChI is InChI=1S/C18H17N3O/c22-18(13-8-9-16-14(10-13)11-19-21-16)20-17-7-3-5-12-4-1-2-6-15(12)17/h1-2,4,6,8-11,17H,3,5,7H2,(H,19,21)(H,20,22)/t17-/m1/s1. The molecule has 1 aliphatic carbocycles. The molecule has 0 spiro atoms. The van der Waals surface area contributed by atoms with Crippen LogP contribution in [0.15, 0.2) is 48.7 Å². The molecular weight excluding hydrogens is 274 g/mol. The molecular formula is C18H17N3O. The van der Waals surface area contributed by atoms with Crippen molar-refractivity contribution in [2.24, 2.45) is 0 Å². The van der Waals surface area contributed by atoms with Gasteiger partial charge in [0.1, 0.15) is 0 Å². The normalized spacial score (nSPS) is 17.2. The van der Waals surface area contributed by atoms with Crippen molar-refractivity contribution in [3.8, 4) is 0 Å². The summed E-state index contributed by atoms with van der Waals surface area (Å²) in [5.74, 6) is -0.0233.